The van der Waals surface area contributed by atoms with Crippen molar-refractivity contribution in [3.05, 3.63) is 45.1 Å². The van der Waals surface area contributed by atoms with Crippen molar-refractivity contribution in [1.82, 2.24) is 9.21 Å². The van der Waals surface area contributed by atoms with Crippen molar-refractivity contribution >= 4 is 48.9 Å². The van der Waals surface area contributed by atoms with Crippen LogP contribution in [-0.4, -0.2) is 56.3 Å². The second-order valence-corrected chi connectivity index (χ2v) is 10.3. The van der Waals surface area contributed by atoms with Crippen LogP contribution in [0.15, 0.2) is 45.1 Å². The number of carbonyl (C=O) groups is 1. The first kappa shape index (κ1) is 19.5. The highest BCUT2D eigenvalue weighted by Gasteiger charge is 2.27. The Kier molecular flexibility index (Phi) is 6.13. The number of halogens is 1. The zero-order valence-electron chi connectivity index (χ0n) is 14.3. The van der Waals surface area contributed by atoms with E-state index in [1.54, 1.807) is 30.3 Å². The van der Waals surface area contributed by atoms with E-state index in [4.69, 9.17) is 0 Å². The van der Waals surface area contributed by atoms with Crippen molar-refractivity contribution in [2.45, 2.75) is 11.8 Å². The van der Waals surface area contributed by atoms with Crippen LogP contribution in [0.5, 0.6) is 0 Å². The smallest absolute Gasteiger partial charge is 0.265 e. The van der Waals surface area contributed by atoms with Crippen molar-refractivity contribution in [2.24, 2.45) is 0 Å². The molecule has 0 radical (unpaired) electrons. The van der Waals surface area contributed by atoms with Crippen LogP contribution < -0.4 is 5.32 Å². The molecule has 1 aromatic heterocycles. The lowest BCUT2D eigenvalue weighted by Gasteiger charge is -2.33. The van der Waals surface area contributed by atoms with Gasteiger partial charge in [0.15, 0.2) is 0 Å². The lowest BCUT2D eigenvalue weighted by atomic mass is 10.3. The molecule has 1 aliphatic rings. The number of thiophene rings is 1. The predicted molar refractivity (Wildman–Crippen MR) is 107 cm³/mol. The standard InChI is InChI=1S/C17H20BrN3O3S2/c1-2-20-9-11-21(12-10-20)26(23,24)14-5-3-13(4-6-14)19-17(22)15-7-8-16(18)25-15/h3-8H,2,9-12H2,1H3,(H,19,22). The van der Waals surface area contributed by atoms with E-state index < -0.39 is 10.0 Å². The first-order chi connectivity index (χ1) is 12.4. The summed E-state index contributed by atoms with van der Waals surface area (Å²) >= 11 is 4.67. The van der Waals surface area contributed by atoms with Gasteiger partial charge in [0.05, 0.1) is 13.6 Å². The van der Waals surface area contributed by atoms with Gasteiger partial charge in [-0.3, -0.25) is 4.79 Å². The number of hydrogen-bond donors (Lipinski definition) is 1. The molecule has 1 fully saturated rings. The summed E-state index contributed by atoms with van der Waals surface area (Å²) in [5, 5.41) is 2.78. The fourth-order valence-corrected chi connectivity index (χ4v) is 5.48. The number of piperazine rings is 1. The molecular formula is C17H20BrN3O3S2. The summed E-state index contributed by atoms with van der Waals surface area (Å²) in [6.07, 6.45) is 0. The molecule has 0 unspecified atom stereocenters. The molecule has 1 aromatic carbocycles. The Bertz CT molecular complexity index is 873. The molecule has 0 atom stereocenters. The molecule has 0 saturated carbocycles. The summed E-state index contributed by atoms with van der Waals surface area (Å²) in [5.41, 5.74) is 0.564. The third kappa shape index (κ3) is 4.34. The first-order valence-electron chi connectivity index (χ1n) is 8.29. The number of nitrogens with one attached hydrogen (secondary N) is 1. The van der Waals surface area contributed by atoms with Gasteiger partial charge in [-0.2, -0.15) is 4.31 Å². The Morgan fingerprint density at radius 1 is 1.12 bits per heavy atom. The number of anilines is 1. The molecule has 26 heavy (non-hydrogen) atoms. The van der Waals surface area contributed by atoms with Crippen LogP contribution in [0.1, 0.15) is 16.6 Å². The molecule has 1 aliphatic heterocycles. The summed E-state index contributed by atoms with van der Waals surface area (Å²) in [5.74, 6) is -0.216. The van der Waals surface area contributed by atoms with Crippen LogP contribution in [0.25, 0.3) is 0 Å². The summed E-state index contributed by atoms with van der Waals surface area (Å²) in [7, 11) is -3.50. The maximum absolute atomic E-state index is 12.8. The predicted octanol–water partition coefficient (Wildman–Crippen LogP) is 3.09. The minimum Gasteiger partial charge on any atom is -0.321 e. The molecule has 0 aliphatic carbocycles. The van der Waals surface area contributed by atoms with Crippen molar-refractivity contribution in [2.75, 3.05) is 38.0 Å². The van der Waals surface area contributed by atoms with E-state index in [9.17, 15) is 13.2 Å². The normalized spacial score (nSPS) is 16.5. The van der Waals surface area contributed by atoms with Gasteiger partial charge in [0.25, 0.3) is 5.91 Å². The summed E-state index contributed by atoms with van der Waals surface area (Å²) in [6, 6.07) is 9.88. The van der Waals surface area contributed by atoms with Gasteiger partial charge in [-0.25, -0.2) is 8.42 Å². The summed E-state index contributed by atoms with van der Waals surface area (Å²) in [6.45, 7) is 5.51. The fraction of sp³-hybridized carbons (Fsp3) is 0.353. The van der Waals surface area contributed by atoms with E-state index in [0.29, 0.717) is 23.7 Å². The Balaban J connectivity index is 1.68. The van der Waals surface area contributed by atoms with Gasteiger partial charge in [0, 0.05) is 31.9 Å². The average Bonchev–Trinajstić information content (AvgIpc) is 3.09. The third-order valence-corrected chi connectivity index (χ3v) is 7.86. The number of sulfonamides is 1. The van der Waals surface area contributed by atoms with Crippen LogP contribution in [0.3, 0.4) is 0 Å². The summed E-state index contributed by atoms with van der Waals surface area (Å²) in [4.78, 5) is 15.2. The minimum atomic E-state index is -3.50. The quantitative estimate of drug-likeness (QED) is 0.748. The SMILES string of the molecule is CCN1CCN(S(=O)(=O)c2ccc(NC(=O)c3ccc(Br)s3)cc2)CC1. The molecule has 9 heteroatoms. The van der Waals surface area contributed by atoms with E-state index in [1.165, 1.54) is 15.6 Å². The molecule has 140 valence electrons. The lowest BCUT2D eigenvalue weighted by Crippen LogP contribution is -2.48. The van der Waals surface area contributed by atoms with E-state index in [1.807, 2.05) is 6.07 Å². The van der Waals surface area contributed by atoms with E-state index in [2.05, 4.69) is 33.1 Å². The zero-order valence-corrected chi connectivity index (χ0v) is 17.5. The summed E-state index contributed by atoms with van der Waals surface area (Å²) < 4.78 is 27.9. The Morgan fingerprint density at radius 3 is 2.31 bits per heavy atom. The van der Waals surface area contributed by atoms with Crippen molar-refractivity contribution < 1.29 is 13.2 Å². The van der Waals surface area contributed by atoms with Gasteiger partial charge in [-0.1, -0.05) is 6.92 Å². The van der Waals surface area contributed by atoms with E-state index in [0.717, 1.165) is 23.4 Å². The second kappa shape index (κ2) is 8.18. The number of rotatable bonds is 5. The first-order valence-corrected chi connectivity index (χ1v) is 11.3. The highest BCUT2D eigenvalue weighted by atomic mass is 79.9. The van der Waals surface area contributed by atoms with Gasteiger partial charge in [0.1, 0.15) is 0 Å². The number of carbonyl (C=O) groups excluding carboxylic acids is 1. The van der Waals surface area contributed by atoms with Gasteiger partial charge < -0.3 is 10.2 Å². The van der Waals surface area contributed by atoms with E-state index in [-0.39, 0.29) is 10.8 Å². The van der Waals surface area contributed by atoms with Gasteiger partial charge in [0.2, 0.25) is 10.0 Å². The van der Waals surface area contributed by atoms with Crippen molar-refractivity contribution in [1.29, 1.82) is 0 Å². The molecule has 1 N–H and O–H groups in total. The molecule has 0 spiro atoms. The van der Waals surface area contributed by atoms with Gasteiger partial charge in [-0.05, 0) is 58.9 Å². The van der Waals surface area contributed by atoms with Crippen molar-refractivity contribution in [3.8, 4) is 0 Å². The molecule has 2 heterocycles. The van der Waals surface area contributed by atoms with Crippen molar-refractivity contribution in [3.63, 3.8) is 0 Å². The van der Waals surface area contributed by atoms with Gasteiger partial charge in [-0.15, -0.1) is 11.3 Å². The fourth-order valence-electron chi connectivity index (χ4n) is 2.77. The highest BCUT2D eigenvalue weighted by Crippen LogP contribution is 2.24. The monoisotopic (exact) mass is 457 g/mol. The van der Waals surface area contributed by atoms with Crippen LogP contribution in [0.4, 0.5) is 5.69 Å². The molecule has 1 amide bonds. The average molecular weight is 458 g/mol. The Morgan fingerprint density at radius 2 is 1.77 bits per heavy atom. The van der Waals surface area contributed by atoms with Crippen LogP contribution >= 0.6 is 27.3 Å². The minimum absolute atomic E-state index is 0.216. The third-order valence-electron chi connectivity index (χ3n) is 4.33. The Labute approximate surface area is 166 Å². The van der Waals surface area contributed by atoms with Gasteiger partial charge >= 0.3 is 0 Å². The maximum atomic E-state index is 12.8. The Hall–Kier alpha value is -1.26. The molecule has 0 bridgehead atoms. The van der Waals surface area contributed by atoms with Crippen LogP contribution in [0.2, 0.25) is 0 Å². The van der Waals surface area contributed by atoms with Crippen LogP contribution in [0, 0.1) is 0 Å². The largest absolute Gasteiger partial charge is 0.321 e. The number of amides is 1. The number of likely N-dealkylation sites (N-methyl/N-ethyl adjacent to an activating group) is 1. The zero-order chi connectivity index (χ0) is 18.7. The topological polar surface area (TPSA) is 69.7 Å². The second-order valence-electron chi connectivity index (χ2n) is 5.92. The molecule has 1 saturated heterocycles. The lowest BCUT2D eigenvalue weighted by molar-refractivity contribution is 0.103. The highest BCUT2D eigenvalue weighted by molar-refractivity contribution is 9.11. The van der Waals surface area contributed by atoms with E-state index >= 15 is 0 Å². The molecule has 6 nitrogen and oxygen atoms in total. The molecular weight excluding hydrogens is 438 g/mol. The number of hydrogen-bond acceptors (Lipinski definition) is 5. The maximum Gasteiger partial charge on any atom is 0.265 e. The number of nitrogens with zero attached hydrogens (tertiary/aromatic N) is 2. The molecule has 2 aromatic rings. The van der Waals surface area contributed by atoms with Crippen LogP contribution in [-0.2, 0) is 10.0 Å². The molecule has 3 rings (SSSR count). The number of benzene rings is 1.